The van der Waals surface area contributed by atoms with Crippen molar-refractivity contribution in [3.05, 3.63) is 0 Å². The number of unbranched alkanes of at least 4 members (excludes halogenated alkanes) is 4. The van der Waals surface area contributed by atoms with Crippen molar-refractivity contribution in [2.75, 3.05) is 19.6 Å². The van der Waals surface area contributed by atoms with E-state index in [9.17, 15) is 0 Å². The van der Waals surface area contributed by atoms with Crippen LogP contribution in [0.1, 0.15) is 58.8 Å². The molecule has 1 aliphatic rings. The van der Waals surface area contributed by atoms with Gasteiger partial charge in [0.1, 0.15) is 0 Å². The van der Waals surface area contributed by atoms with Crippen LogP contribution in [-0.2, 0) is 0 Å². The quantitative estimate of drug-likeness (QED) is 0.509. The summed E-state index contributed by atoms with van der Waals surface area (Å²) in [5.74, 6) is 1.76. The van der Waals surface area contributed by atoms with Crippen LogP contribution in [0.2, 0.25) is 0 Å². The van der Waals surface area contributed by atoms with Gasteiger partial charge in [0.05, 0.1) is 0 Å². The molecule has 3 nitrogen and oxygen atoms in total. The lowest BCUT2D eigenvalue weighted by Crippen LogP contribution is -2.42. The predicted octanol–water partition coefficient (Wildman–Crippen LogP) is 3.54. The molecule has 0 amide bonds. The van der Waals surface area contributed by atoms with Gasteiger partial charge in [-0.3, -0.25) is 4.99 Å². The van der Waals surface area contributed by atoms with E-state index in [1.165, 1.54) is 38.5 Å². The van der Waals surface area contributed by atoms with Crippen molar-refractivity contribution >= 4 is 29.9 Å². The third-order valence-electron chi connectivity index (χ3n) is 3.32. The van der Waals surface area contributed by atoms with Gasteiger partial charge in [0.15, 0.2) is 5.96 Å². The Kier molecular flexibility index (Phi) is 12.1. The zero-order valence-corrected chi connectivity index (χ0v) is 14.3. The fourth-order valence-electron chi connectivity index (χ4n) is 2.12. The minimum atomic E-state index is 0. The largest absolute Gasteiger partial charge is 0.356 e. The Labute approximate surface area is 130 Å². The van der Waals surface area contributed by atoms with Gasteiger partial charge in [-0.1, -0.05) is 46.0 Å². The smallest absolute Gasteiger partial charge is 0.191 e. The van der Waals surface area contributed by atoms with Crippen molar-refractivity contribution in [2.45, 2.75) is 58.8 Å². The molecule has 1 aliphatic heterocycles. The molecule has 4 heteroatoms. The van der Waals surface area contributed by atoms with Crippen LogP contribution in [-0.4, -0.2) is 25.6 Å². The molecule has 0 spiro atoms. The number of hydrogen-bond donors (Lipinski definition) is 2. The zero-order valence-electron chi connectivity index (χ0n) is 12.0. The van der Waals surface area contributed by atoms with Crippen LogP contribution in [0.4, 0.5) is 0 Å². The number of hydrogen-bond acceptors (Lipinski definition) is 3. The summed E-state index contributed by atoms with van der Waals surface area (Å²) in [5.41, 5.74) is 0. The first kappa shape index (κ1) is 18.0. The number of halogens is 1. The molecule has 0 fully saturated rings. The second-order valence-electron chi connectivity index (χ2n) is 5.20. The van der Waals surface area contributed by atoms with E-state index in [2.05, 4.69) is 29.5 Å². The Morgan fingerprint density at radius 1 is 1.28 bits per heavy atom. The van der Waals surface area contributed by atoms with Crippen molar-refractivity contribution in [1.82, 2.24) is 10.6 Å². The van der Waals surface area contributed by atoms with Gasteiger partial charge in [0.2, 0.25) is 0 Å². The second-order valence-corrected chi connectivity index (χ2v) is 5.20. The third kappa shape index (κ3) is 9.00. The predicted molar refractivity (Wildman–Crippen MR) is 90.9 cm³/mol. The van der Waals surface area contributed by atoms with Gasteiger partial charge in [-0.25, -0.2) is 0 Å². The van der Waals surface area contributed by atoms with E-state index in [4.69, 9.17) is 0 Å². The van der Waals surface area contributed by atoms with Gasteiger partial charge < -0.3 is 10.6 Å². The molecule has 0 aromatic rings. The molecule has 0 aliphatic carbocycles. The van der Waals surface area contributed by atoms with E-state index in [1.807, 2.05) is 0 Å². The molecule has 0 saturated heterocycles. The second kappa shape index (κ2) is 12.1. The molecule has 0 aromatic heterocycles. The van der Waals surface area contributed by atoms with Crippen LogP contribution in [0.5, 0.6) is 0 Å². The maximum atomic E-state index is 4.42. The molecule has 18 heavy (non-hydrogen) atoms. The molecule has 0 radical (unpaired) electrons. The molecule has 2 N–H and O–H groups in total. The van der Waals surface area contributed by atoms with E-state index in [0.717, 1.165) is 37.9 Å². The first-order valence-corrected chi connectivity index (χ1v) is 7.35. The molecule has 0 bridgehead atoms. The number of guanidine groups is 1. The molecule has 1 rings (SSSR count). The topological polar surface area (TPSA) is 36.4 Å². The van der Waals surface area contributed by atoms with Crippen molar-refractivity contribution in [3.63, 3.8) is 0 Å². The molecule has 0 saturated carbocycles. The average Bonchev–Trinajstić information content (AvgIpc) is 2.37. The number of aliphatic imine (C=N–C) groups is 1. The van der Waals surface area contributed by atoms with Crippen molar-refractivity contribution < 1.29 is 0 Å². The molecule has 108 valence electrons. The lowest BCUT2D eigenvalue weighted by molar-refractivity contribution is 0.475. The van der Waals surface area contributed by atoms with E-state index < -0.39 is 0 Å². The van der Waals surface area contributed by atoms with Crippen LogP contribution in [0.15, 0.2) is 4.99 Å². The minimum absolute atomic E-state index is 0. The van der Waals surface area contributed by atoms with Crippen LogP contribution in [0, 0.1) is 5.92 Å². The Hall–Kier alpha value is 0. The summed E-state index contributed by atoms with van der Waals surface area (Å²) in [6.45, 7) is 7.69. The zero-order chi connectivity index (χ0) is 12.3. The van der Waals surface area contributed by atoms with Gasteiger partial charge in [-0.2, -0.15) is 0 Å². The Morgan fingerprint density at radius 2 is 2.06 bits per heavy atom. The van der Waals surface area contributed by atoms with E-state index in [1.54, 1.807) is 0 Å². The molecule has 1 unspecified atom stereocenters. The van der Waals surface area contributed by atoms with Crippen LogP contribution >= 0.6 is 24.0 Å². The lowest BCUT2D eigenvalue weighted by Gasteiger charge is -2.18. The summed E-state index contributed by atoms with van der Waals surface area (Å²) in [6.07, 6.45) is 9.42. The normalized spacial score (nSPS) is 16.2. The molecule has 1 heterocycles. The molecular formula is C14H30IN3. The summed E-state index contributed by atoms with van der Waals surface area (Å²) in [6, 6.07) is 0. The highest BCUT2D eigenvalue weighted by Crippen LogP contribution is 2.10. The molecular weight excluding hydrogens is 337 g/mol. The first-order chi connectivity index (χ1) is 8.33. The first-order valence-electron chi connectivity index (χ1n) is 7.35. The SMILES string of the molecule is CCCCCCCC(C)CNC1=NCCCN1.I. The summed E-state index contributed by atoms with van der Waals surface area (Å²) < 4.78 is 0. The standard InChI is InChI=1S/C14H29N3.HI/c1-3-4-5-6-7-9-13(2)12-17-14-15-10-8-11-16-14;/h13H,3-12H2,1-2H3,(H2,15,16,17);1H. The summed E-state index contributed by atoms with van der Waals surface area (Å²) >= 11 is 0. The van der Waals surface area contributed by atoms with Crippen LogP contribution in [0.3, 0.4) is 0 Å². The van der Waals surface area contributed by atoms with Crippen molar-refractivity contribution in [1.29, 1.82) is 0 Å². The van der Waals surface area contributed by atoms with Gasteiger partial charge in [-0.15, -0.1) is 24.0 Å². The summed E-state index contributed by atoms with van der Waals surface area (Å²) in [7, 11) is 0. The van der Waals surface area contributed by atoms with Gasteiger partial charge >= 0.3 is 0 Å². The van der Waals surface area contributed by atoms with Gasteiger partial charge in [0, 0.05) is 19.6 Å². The summed E-state index contributed by atoms with van der Waals surface area (Å²) in [5, 5.41) is 6.71. The average molecular weight is 367 g/mol. The van der Waals surface area contributed by atoms with Crippen LogP contribution < -0.4 is 10.6 Å². The highest BCUT2D eigenvalue weighted by atomic mass is 127. The van der Waals surface area contributed by atoms with Gasteiger partial charge in [0.25, 0.3) is 0 Å². The number of rotatable bonds is 8. The molecule has 0 aromatic carbocycles. The third-order valence-corrected chi connectivity index (χ3v) is 3.32. The highest BCUT2D eigenvalue weighted by molar-refractivity contribution is 14.0. The number of nitrogens with zero attached hydrogens (tertiary/aromatic N) is 1. The maximum absolute atomic E-state index is 4.42. The Bertz CT molecular complexity index is 219. The number of nitrogens with one attached hydrogen (secondary N) is 2. The highest BCUT2D eigenvalue weighted by Gasteiger charge is 2.06. The fraction of sp³-hybridized carbons (Fsp3) is 0.929. The lowest BCUT2D eigenvalue weighted by atomic mass is 10.0. The van der Waals surface area contributed by atoms with E-state index in [0.29, 0.717) is 0 Å². The Morgan fingerprint density at radius 3 is 2.72 bits per heavy atom. The minimum Gasteiger partial charge on any atom is -0.356 e. The van der Waals surface area contributed by atoms with Crippen LogP contribution in [0.25, 0.3) is 0 Å². The van der Waals surface area contributed by atoms with Crippen molar-refractivity contribution in [2.24, 2.45) is 10.9 Å². The van der Waals surface area contributed by atoms with E-state index >= 15 is 0 Å². The maximum Gasteiger partial charge on any atom is 0.191 e. The van der Waals surface area contributed by atoms with Crippen molar-refractivity contribution in [3.8, 4) is 0 Å². The van der Waals surface area contributed by atoms with E-state index in [-0.39, 0.29) is 24.0 Å². The Balaban J connectivity index is 0.00000289. The van der Waals surface area contributed by atoms with Gasteiger partial charge in [-0.05, 0) is 18.8 Å². The molecule has 1 atom stereocenters. The monoisotopic (exact) mass is 367 g/mol. The fourth-order valence-corrected chi connectivity index (χ4v) is 2.12. The summed E-state index contributed by atoms with van der Waals surface area (Å²) in [4.78, 5) is 4.42.